The number of nitrogens with two attached hydrogens (primary N) is 1. The molecule has 8 heteroatoms. The number of amides is 1. The average Bonchev–Trinajstić information content (AvgIpc) is 1.84. The number of carbonyl (C=O) groups is 1. The Hall–Kier alpha value is -1.99. The van der Waals surface area contributed by atoms with Gasteiger partial charge in [-0.1, -0.05) is 0 Å². The molecule has 0 heterocycles. The highest BCUT2D eigenvalue weighted by Gasteiger charge is 2.27. The molecule has 0 atom stereocenters. The topological polar surface area (TPSA) is 129 Å². The Balaban J connectivity index is 4.44. The quantitative estimate of drug-likeness (QED) is 0.251. The van der Waals surface area contributed by atoms with E-state index >= 15 is 0 Å². The third kappa shape index (κ3) is 3.25. The highest BCUT2D eigenvalue weighted by molar-refractivity contribution is 5.85. The van der Waals surface area contributed by atoms with Gasteiger partial charge in [-0.25, -0.2) is 0 Å². The first-order chi connectivity index (χ1) is 5.45. The standard InChI is InChI=1S/C4H5N3O5/c5-3(8)1-2-4(6(9)10)7(11)12/h1-2,4H,(H2,5,8)/b2-1+. The summed E-state index contributed by atoms with van der Waals surface area (Å²) in [6.07, 6.45) is -1.02. The van der Waals surface area contributed by atoms with E-state index < -0.39 is 21.9 Å². The van der Waals surface area contributed by atoms with E-state index in [1.54, 1.807) is 0 Å². The second kappa shape index (κ2) is 4.01. The van der Waals surface area contributed by atoms with E-state index in [1.165, 1.54) is 0 Å². The van der Waals surface area contributed by atoms with Gasteiger partial charge in [-0.15, -0.1) is 0 Å². The first kappa shape index (κ1) is 10.0. The largest absolute Gasteiger partial charge is 0.470 e. The fourth-order valence-corrected chi connectivity index (χ4v) is 0.398. The molecule has 0 saturated heterocycles. The molecule has 0 fully saturated rings. The summed E-state index contributed by atoms with van der Waals surface area (Å²) in [7, 11) is 0. The number of nitro groups is 2. The lowest BCUT2D eigenvalue weighted by Gasteiger charge is -1.93. The summed E-state index contributed by atoms with van der Waals surface area (Å²) in [5.41, 5.74) is 4.57. The van der Waals surface area contributed by atoms with Crippen molar-refractivity contribution in [2.75, 3.05) is 0 Å². The van der Waals surface area contributed by atoms with Crippen LogP contribution in [-0.2, 0) is 4.79 Å². The molecule has 0 aliphatic carbocycles. The Morgan fingerprint density at radius 3 is 2.00 bits per heavy atom. The highest BCUT2D eigenvalue weighted by atomic mass is 16.7. The van der Waals surface area contributed by atoms with E-state index in [4.69, 9.17) is 0 Å². The predicted octanol–water partition coefficient (Wildman–Crippen LogP) is -1.09. The lowest BCUT2D eigenvalue weighted by atomic mass is 10.4. The Morgan fingerprint density at radius 1 is 1.33 bits per heavy atom. The van der Waals surface area contributed by atoms with Crippen LogP contribution in [0.3, 0.4) is 0 Å². The maximum atomic E-state index is 10.0. The number of hydrogen-bond donors (Lipinski definition) is 1. The van der Waals surface area contributed by atoms with Gasteiger partial charge in [0.25, 0.3) is 0 Å². The van der Waals surface area contributed by atoms with Crippen LogP contribution in [0.2, 0.25) is 0 Å². The minimum absolute atomic E-state index is 0.516. The van der Waals surface area contributed by atoms with Gasteiger partial charge in [-0.3, -0.25) is 25.0 Å². The van der Waals surface area contributed by atoms with Gasteiger partial charge in [-0.2, -0.15) is 0 Å². The monoisotopic (exact) mass is 175 g/mol. The van der Waals surface area contributed by atoms with Crippen LogP contribution in [0, 0.1) is 20.2 Å². The highest BCUT2D eigenvalue weighted by Crippen LogP contribution is 1.92. The summed E-state index contributed by atoms with van der Waals surface area (Å²) in [6, 6.07) is 0. The molecule has 0 aromatic carbocycles. The number of primary amides is 1. The molecule has 8 nitrogen and oxygen atoms in total. The van der Waals surface area contributed by atoms with Crippen LogP contribution in [0.4, 0.5) is 0 Å². The third-order valence-electron chi connectivity index (χ3n) is 0.865. The minimum atomic E-state index is -2.11. The molecule has 0 radical (unpaired) electrons. The van der Waals surface area contributed by atoms with Crippen molar-refractivity contribution < 1.29 is 14.6 Å². The van der Waals surface area contributed by atoms with Crippen molar-refractivity contribution in [3.63, 3.8) is 0 Å². The Morgan fingerprint density at radius 2 is 1.75 bits per heavy atom. The molecule has 0 aliphatic heterocycles. The van der Waals surface area contributed by atoms with Crippen LogP contribution in [-0.4, -0.2) is 21.9 Å². The second-order valence-electron chi connectivity index (χ2n) is 1.75. The van der Waals surface area contributed by atoms with Crippen LogP contribution in [0.25, 0.3) is 0 Å². The molecule has 2 N–H and O–H groups in total. The molecule has 0 bridgehead atoms. The van der Waals surface area contributed by atoms with Crippen LogP contribution >= 0.6 is 0 Å². The first-order valence-corrected chi connectivity index (χ1v) is 2.69. The average molecular weight is 175 g/mol. The summed E-state index contributed by atoms with van der Waals surface area (Å²) in [5.74, 6) is -0.969. The molecule has 0 aromatic rings. The normalized spacial score (nSPS) is 10.4. The molecule has 0 aromatic heterocycles. The van der Waals surface area contributed by atoms with Gasteiger partial charge in [0, 0.05) is 6.08 Å². The van der Waals surface area contributed by atoms with Crippen molar-refractivity contribution in [3.8, 4) is 0 Å². The molecule has 0 rings (SSSR count). The Bertz CT molecular complexity index is 233. The van der Waals surface area contributed by atoms with Gasteiger partial charge in [0.15, 0.2) is 0 Å². The van der Waals surface area contributed by atoms with Crippen LogP contribution in [0.15, 0.2) is 12.2 Å². The van der Waals surface area contributed by atoms with E-state index in [0.717, 1.165) is 0 Å². The molecular weight excluding hydrogens is 170 g/mol. The van der Waals surface area contributed by atoms with E-state index in [2.05, 4.69) is 5.73 Å². The van der Waals surface area contributed by atoms with Gasteiger partial charge in [0.05, 0.1) is 6.08 Å². The van der Waals surface area contributed by atoms with Crippen LogP contribution < -0.4 is 5.73 Å². The van der Waals surface area contributed by atoms with Gasteiger partial charge < -0.3 is 5.73 Å². The van der Waals surface area contributed by atoms with Crippen molar-refractivity contribution in [1.82, 2.24) is 0 Å². The number of carbonyl (C=O) groups excluding carboxylic acids is 1. The molecule has 1 amide bonds. The number of rotatable bonds is 4. The lowest BCUT2D eigenvalue weighted by Crippen LogP contribution is -2.26. The van der Waals surface area contributed by atoms with Crippen LogP contribution in [0.5, 0.6) is 0 Å². The predicted molar refractivity (Wildman–Crippen MR) is 36.1 cm³/mol. The van der Waals surface area contributed by atoms with E-state index in [1.807, 2.05) is 0 Å². The van der Waals surface area contributed by atoms with Gasteiger partial charge in [0.1, 0.15) is 9.85 Å². The Labute approximate surface area is 66.0 Å². The summed E-state index contributed by atoms with van der Waals surface area (Å²) < 4.78 is 0. The zero-order valence-corrected chi connectivity index (χ0v) is 5.75. The van der Waals surface area contributed by atoms with Crippen molar-refractivity contribution in [1.29, 1.82) is 0 Å². The fourth-order valence-electron chi connectivity index (χ4n) is 0.398. The fraction of sp³-hybridized carbons (Fsp3) is 0.250. The van der Waals surface area contributed by atoms with Crippen molar-refractivity contribution in [2.24, 2.45) is 5.73 Å². The van der Waals surface area contributed by atoms with Crippen molar-refractivity contribution >= 4 is 5.91 Å². The van der Waals surface area contributed by atoms with Gasteiger partial charge >= 0.3 is 6.17 Å². The Kier molecular flexibility index (Phi) is 3.34. The smallest absolute Gasteiger partial charge is 0.366 e. The molecule has 0 unspecified atom stereocenters. The number of hydrogen-bond acceptors (Lipinski definition) is 5. The van der Waals surface area contributed by atoms with E-state index in [0.29, 0.717) is 12.2 Å². The summed E-state index contributed by atoms with van der Waals surface area (Å²) in [4.78, 5) is 27.6. The third-order valence-corrected chi connectivity index (χ3v) is 0.865. The molecule has 66 valence electrons. The van der Waals surface area contributed by atoms with Crippen molar-refractivity contribution in [2.45, 2.75) is 6.17 Å². The first-order valence-electron chi connectivity index (χ1n) is 2.69. The zero-order valence-electron chi connectivity index (χ0n) is 5.75. The summed E-state index contributed by atoms with van der Waals surface area (Å²) >= 11 is 0. The van der Waals surface area contributed by atoms with Gasteiger partial charge in [0.2, 0.25) is 5.91 Å². The lowest BCUT2D eigenvalue weighted by molar-refractivity contribution is -0.727. The zero-order chi connectivity index (χ0) is 9.72. The van der Waals surface area contributed by atoms with E-state index in [9.17, 15) is 25.0 Å². The molecule has 0 saturated carbocycles. The SMILES string of the molecule is NC(=O)/C=C/C([N+](=O)[O-])[N+](=O)[O-]. The second-order valence-corrected chi connectivity index (χ2v) is 1.75. The van der Waals surface area contributed by atoms with Gasteiger partial charge in [-0.05, 0) is 0 Å². The molecule has 0 spiro atoms. The molecular formula is C4H5N3O5. The number of nitrogens with zero attached hydrogens (tertiary/aromatic N) is 2. The molecule has 0 aliphatic rings. The summed E-state index contributed by atoms with van der Waals surface area (Å²) in [6.45, 7) is 0. The molecule has 12 heavy (non-hydrogen) atoms. The van der Waals surface area contributed by atoms with Crippen molar-refractivity contribution in [3.05, 3.63) is 32.4 Å². The maximum absolute atomic E-state index is 10.0. The van der Waals surface area contributed by atoms with Crippen LogP contribution in [0.1, 0.15) is 0 Å². The summed E-state index contributed by atoms with van der Waals surface area (Å²) in [5, 5.41) is 19.8. The maximum Gasteiger partial charge on any atom is 0.470 e. The minimum Gasteiger partial charge on any atom is -0.366 e. The van der Waals surface area contributed by atoms with E-state index in [-0.39, 0.29) is 0 Å².